The minimum atomic E-state index is -4.51. The van der Waals surface area contributed by atoms with E-state index in [2.05, 4.69) is 20.3 Å². The molecule has 1 aromatic carbocycles. The summed E-state index contributed by atoms with van der Waals surface area (Å²) < 4.78 is 53.2. The summed E-state index contributed by atoms with van der Waals surface area (Å²) in [5.74, 6) is 0.180. The van der Waals surface area contributed by atoms with Gasteiger partial charge in [0.2, 0.25) is 0 Å². The molecule has 2 aromatic rings. The monoisotopic (exact) mass is 392 g/mol. The van der Waals surface area contributed by atoms with Gasteiger partial charge >= 0.3 is 6.18 Å². The molecule has 8 heteroatoms. The first-order chi connectivity index (χ1) is 13.4. The van der Waals surface area contributed by atoms with Crippen LogP contribution in [0.25, 0.3) is 0 Å². The summed E-state index contributed by atoms with van der Waals surface area (Å²) >= 11 is 0. The van der Waals surface area contributed by atoms with E-state index in [-0.39, 0.29) is 29.4 Å². The van der Waals surface area contributed by atoms with Crippen molar-refractivity contribution >= 4 is 23.0 Å². The minimum absolute atomic E-state index is 0.0430. The highest BCUT2D eigenvalue weighted by Gasteiger charge is 2.40. The van der Waals surface area contributed by atoms with Gasteiger partial charge in [0, 0.05) is 6.42 Å². The first-order valence-corrected chi connectivity index (χ1v) is 9.46. The molecular formula is C20H20F4N4. The van der Waals surface area contributed by atoms with E-state index in [9.17, 15) is 17.6 Å². The molecule has 0 unspecified atom stereocenters. The maximum atomic E-state index is 14.1. The van der Waals surface area contributed by atoms with Crippen molar-refractivity contribution in [1.82, 2.24) is 9.97 Å². The zero-order valence-corrected chi connectivity index (χ0v) is 15.2. The summed E-state index contributed by atoms with van der Waals surface area (Å²) in [6.45, 7) is 0. The van der Waals surface area contributed by atoms with Crippen molar-refractivity contribution in [1.29, 1.82) is 0 Å². The SMILES string of the molecule is Fc1ccccc1Nc1nc2c(nc1CC1CCCCC1)CC(C(F)(F)F)=N2. The van der Waals surface area contributed by atoms with E-state index in [4.69, 9.17) is 0 Å². The molecule has 4 rings (SSSR count). The number of hydrogen-bond acceptors (Lipinski definition) is 4. The summed E-state index contributed by atoms with van der Waals surface area (Å²) in [6, 6.07) is 6.10. The molecule has 0 spiro atoms. The van der Waals surface area contributed by atoms with E-state index in [0.717, 1.165) is 25.7 Å². The smallest absolute Gasteiger partial charge is 0.336 e. The van der Waals surface area contributed by atoms with Gasteiger partial charge in [0.05, 0.1) is 17.1 Å². The lowest BCUT2D eigenvalue weighted by molar-refractivity contribution is -0.0597. The predicted molar refractivity (Wildman–Crippen MR) is 98.8 cm³/mol. The third-order valence-electron chi connectivity index (χ3n) is 5.26. The second-order valence-corrected chi connectivity index (χ2v) is 7.34. The van der Waals surface area contributed by atoms with Gasteiger partial charge in [0.1, 0.15) is 11.5 Å². The second kappa shape index (κ2) is 7.48. The van der Waals surface area contributed by atoms with Gasteiger partial charge in [-0.2, -0.15) is 13.2 Å². The van der Waals surface area contributed by atoms with Crippen molar-refractivity contribution in [3.8, 4) is 0 Å². The van der Waals surface area contributed by atoms with Gasteiger partial charge in [-0.3, -0.25) is 0 Å². The van der Waals surface area contributed by atoms with Gasteiger partial charge in [-0.1, -0.05) is 44.2 Å². The zero-order valence-electron chi connectivity index (χ0n) is 15.2. The van der Waals surface area contributed by atoms with Crippen LogP contribution < -0.4 is 5.32 Å². The number of aromatic nitrogens is 2. The highest BCUT2D eigenvalue weighted by Crippen LogP contribution is 2.35. The van der Waals surface area contributed by atoms with E-state index < -0.39 is 17.7 Å². The van der Waals surface area contributed by atoms with Crippen molar-refractivity contribution < 1.29 is 17.6 Å². The number of halogens is 4. The molecule has 1 N–H and O–H groups in total. The Bertz CT molecular complexity index is 902. The zero-order chi connectivity index (χ0) is 19.7. The summed E-state index contributed by atoms with van der Waals surface area (Å²) in [5, 5.41) is 2.91. The lowest BCUT2D eigenvalue weighted by atomic mass is 9.86. The minimum Gasteiger partial charge on any atom is -0.336 e. The molecule has 1 fully saturated rings. The van der Waals surface area contributed by atoms with Crippen LogP contribution in [0.15, 0.2) is 29.3 Å². The Hall–Kier alpha value is -2.51. The Labute approximate surface area is 160 Å². The van der Waals surface area contributed by atoms with Crippen LogP contribution in [-0.4, -0.2) is 21.9 Å². The third kappa shape index (κ3) is 4.00. The molecule has 1 aliphatic heterocycles. The van der Waals surface area contributed by atoms with Crippen LogP contribution in [0.4, 0.5) is 34.9 Å². The first kappa shape index (κ1) is 18.8. The number of alkyl halides is 3. The highest BCUT2D eigenvalue weighted by atomic mass is 19.4. The average molecular weight is 392 g/mol. The van der Waals surface area contributed by atoms with Crippen LogP contribution in [0.3, 0.4) is 0 Å². The molecule has 0 bridgehead atoms. The lowest BCUT2D eigenvalue weighted by Crippen LogP contribution is -2.22. The lowest BCUT2D eigenvalue weighted by Gasteiger charge is -2.22. The van der Waals surface area contributed by atoms with Crippen molar-refractivity contribution in [2.24, 2.45) is 10.9 Å². The van der Waals surface area contributed by atoms with Crippen LogP contribution in [0.1, 0.15) is 43.5 Å². The van der Waals surface area contributed by atoms with Gasteiger partial charge < -0.3 is 5.32 Å². The number of rotatable bonds is 4. The van der Waals surface area contributed by atoms with Crippen LogP contribution in [0.5, 0.6) is 0 Å². The quantitative estimate of drug-likeness (QED) is 0.682. The first-order valence-electron chi connectivity index (χ1n) is 9.46. The Morgan fingerprint density at radius 3 is 2.50 bits per heavy atom. The summed E-state index contributed by atoms with van der Waals surface area (Å²) in [4.78, 5) is 12.4. The Morgan fingerprint density at radius 2 is 1.79 bits per heavy atom. The normalized spacial score (nSPS) is 17.4. The summed E-state index contributed by atoms with van der Waals surface area (Å²) in [7, 11) is 0. The van der Waals surface area contributed by atoms with Crippen LogP contribution >= 0.6 is 0 Å². The second-order valence-electron chi connectivity index (χ2n) is 7.34. The van der Waals surface area contributed by atoms with Gasteiger partial charge in [0.15, 0.2) is 11.6 Å². The fraction of sp³-hybridized carbons (Fsp3) is 0.450. The van der Waals surface area contributed by atoms with Gasteiger partial charge in [-0.25, -0.2) is 19.4 Å². The number of hydrogen-bond donors (Lipinski definition) is 1. The number of nitrogens with zero attached hydrogens (tertiary/aromatic N) is 3. The van der Waals surface area contributed by atoms with Crippen LogP contribution in [0.2, 0.25) is 0 Å². The number of nitrogens with one attached hydrogen (secondary N) is 1. The molecule has 2 heterocycles. The molecule has 1 saturated carbocycles. The van der Waals surface area contributed by atoms with E-state index in [1.807, 2.05) is 0 Å². The molecule has 1 aromatic heterocycles. The molecule has 2 aliphatic rings. The molecule has 0 radical (unpaired) electrons. The third-order valence-corrected chi connectivity index (χ3v) is 5.26. The van der Waals surface area contributed by atoms with E-state index in [0.29, 0.717) is 18.0 Å². The van der Waals surface area contributed by atoms with Gasteiger partial charge in [-0.05, 0) is 24.5 Å². The van der Waals surface area contributed by atoms with Crippen molar-refractivity contribution in [3.05, 3.63) is 41.5 Å². The van der Waals surface area contributed by atoms with Crippen molar-refractivity contribution in [2.75, 3.05) is 5.32 Å². The number of anilines is 2. The molecule has 148 valence electrons. The fourth-order valence-corrected chi connectivity index (χ4v) is 3.80. The maximum absolute atomic E-state index is 14.1. The van der Waals surface area contributed by atoms with Crippen LogP contribution in [-0.2, 0) is 12.8 Å². The number of benzene rings is 1. The summed E-state index contributed by atoms with van der Waals surface area (Å²) in [6.07, 6.45) is 1.33. The van der Waals surface area contributed by atoms with E-state index in [1.165, 1.54) is 12.5 Å². The standard InChI is InChI=1S/C20H20F4N4/c21-13-8-4-5-9-14(13)26-18-15(10-12-6-2-1-3-7-12)25-16-11-17(20(22,23)24)27-19(16)28-18/h4-5,8-9,12H,1-3,6-7,10-11H2,(H,26,28). The fourth-order valence-electron chi connectivity index (χ4n) is 3.80. The Balaban J connectivity index is 1.68. The highest BCUT2D eigenvalue weighted by molar-refractivity contribution is 5.96. The van der Waals surface area contributed by atoms with Crippen LogP contribution in [0, 0.1) is 11.7 Å². The topological polar surface area (TPSA) is 50.2 Å². The Morgan fingerprint density at radius 1 is 1.04 bits per heavy atom. The summed E-state index contributed by atoms with van der Waals surface area (Å²) in [5.41, 5.74) is 0.124. The number of para-hydroxylation sites is 1. The van der Waals surface area contributed by atoms with Gasteiger partial charge in [-0.15, -0.1) is 0 Å². The number of aliphatic imine (C=N–C) groups is 1. The van der Waals surface area contributed by atoms with Crippen molar-refractivity contribution in [3.63, 3.8) is 0 Å². The van der Waals surface area contributed by atoms with E-state index >= 15 is 0 Å². The molecule has 0 amide bonds. The molecule has 0 atom stereocenters. The number of fused-ring (bicyclic) bond motifs is 1. The van der Waals surface area contributed by atoms with Gasteiger partial charge in [0.25, 0.3) is 0 Å². The molecule has 4 nitrogen and oxygen atoms in total. The Kier molecular flexibility index (Phi) is 5.03. The maximum Gasteiger partial charge on any atom is 0.429 e. The van der Waals surface area contributed by atoms with Crippen molar-refractivity contribution in [2.45, 2.75) is 51.1 Å². The predicted octanol–water partition coefficient (Wildman–Crippen LogP) is 5.67. The molecular weight excluding hydrogens is 372 g/mol. The largest absolute Gasteiger partial charge is 0.429 e. The molecule has 28 heavy (non-hydrogen) atoms. The van der Waals surface area contributed by atoms with E-state index in [1.54, 1.807) is 18.2 Å². The molecule has 1 aliphatic carbocycles. The average Bonchev–Trinajstić information content (AvgIpc) is 3.08. The molecule has 0 saturated heterocycles.